The van der Waals surface area contributed by atoms with E-state index in [0.717, 1.165) is 0 Å². The van der Waals surface area contributed by atoms with Gasteiger partial charge in [-0.2, -0.15) is 10.3 Å². The number of nitrogens with one attached hydrogen (secondary N) is 1. The van der Waals surface area contributed by atoms with Crippen LogP contribution in [0.15, 0.2) is 21.6 Å². The highest BCUT2D eigenvalue weighted by atomic mass is 79.9. The van der Waals surface area contributed by atoms with Crippen molar-refractivity contribution in [3.63, 3.8) is 0 Å². The average molecular weight is 352 g/mol. The van der Waals surface area contributed by atoms with Gasteiger partial charge in [-0.15, -0.1) is 0 Å². The summed E-state index contributed by atoms with van der Waals surface area (Å²) >= 11 is 3.32. The van der Waals surface area contributed by atoms with Crippen LogP contribution < -0.4 is 14.8 Å². The number of hydrogen-bond donors (Lipinski definition) is 1. The molecule has 0 atom stereocenters. The lowest BCUT2D eigenvalue weighted by Crippen LogP contribution is -2.26. The van der Waals surface area contributed by atoms with E-state index in [9.17, 15) is 9.59 Å². The molecule has 1 aliphatic heterocycles. The number of methoxy groups -OCH3 is 1. The third-order valence-electron chi connectivity index (χ3n) is 2.66. The number of imide groups is 1. The van der Waals surface area contributed by atoms with Crippen LogP contribution in [0.25, 0.3) is 0 Å². The molecule has 0 aromatic heterocycles. The Morgan fingerprint density at radius 2 is 2.19 bits per heavy atom. The summed E-state index contributed by atoms with van der Waals surface area (Å²) in [5.74, 6) is 0.316. The minimum atomic E-state index is -0.657. The highest BCUT2D eigenvalue weighted by Gasteiger charge is 2.23. The van der Waals surface area contributed by atoms with Gasteiger partial charge in [0, 0.05) is 6.42 Å². The molecule has 1 heterocycles. The van der Waals surface area contributed by atoms with E-state index in [2.05, 4.69) is 26.2 Å². The van der Waals surface area contributed by atoms with Gasteiger partial charge in [-0.3, -0.25) is 10.1 Å². The molecule has 21 heavy (non-hydrogen) atoms. The number of urea groups is 1. The number of carbonyl (C=O) groups is 2. The maximum Gasteiger partial charge on any atom is 0.348 e. The molecular formula is C13H10BrN3O4. The Morgan fingerprint density at radius 3 is 2.76 bits per heavy atom. The second-order valence-corrected chi connectivity index (χ2v) is 4.90. The molecule has 1 N–H and O–H groups in total. The molecule has 1 aromatic carbocycles. The Morgan fingerprint density at radius 1 is 1.43 bits per heavy atom. The summed E-state index contributed by atoms with van der Waals surface area (Å²) in [5.41, 5.74) is 0.853. The number of nitrogens with zero attached hydrogens (tertiary/aromatic N) is 2. The van der Waals surface area contributed by atoms with Gasteiger partial charge in [-0.1, -0.05) is 0 Å². The fraction of sp³-hybridized carbons (Fsp3) is 0.231. The van der Waals surface area contributed by atoms with Gasteiger partial charge in [-0.05, 0) is 33.6 Å². The number of carbonyl (C=O) groups excluding carboxylic acids is 2. The van der Waals surface area contributed by atoms with Crippen molar-refractivity contribution in [1.82, 2.24) is 5.32 Å². The number of rotatable bonds is 5. The van der Waals surface area contributed by atoms with Gasteiger partial charge in [0.1, 0.15) is 11.8 Å². The molecule has 0 spiro atoms. The van der Waals surface area contributed by atoms with Crippen LogP contribution in [0.2, 0.25) is 0 Å². The summed E-state index contributed by atoms with van der Waals surface area (Å²) in [6.45, 7) is -0.113. The van der Waals surface area contributed by atoms with Crippen molar-refractivity contribution < 1.29 is 19.1 Å². The standard InChI is InChI=1S/C13H10BrN3O4/c1-20-10-6-7(4-8(14)11(10)21-3-2-15)5-9-12(18)17-13(19)16-9/h4,6H,3,5H2,1H3,(H,17,18,19). The first-order valence-electron chi connectivity index (χ1n) is 5.84. The molecule has 0 bridgehead atoms. The third kappa shape index (κ3) is 3.38. The van der Waals surface area contributed by atoms with E-state index >= 15 is 0 Å². The second-order valence-electron chi connectivity index (χ2n) is 4.05. The van der Waals surface area contributed by atoms with Crippen LogP contribution in [0.4, 0.5) is 4.79 Å². The summed E-state index contributed by atoms with van der Waals surface area (Å²) in [4.78, 5) is 26.1. The maximum absolute atomic E-state index is 11.5. The zero-order chi connectivity index (χ0) is 15.4. The molecule has 1 aliphatic rings. The quantitative estimate of drug-likeness (QED) is 0.867. The zero-order valence-electron chi connectivity index (χ0n) is 11.0. The van der Waals surface area contributed by atoms with E-state index in [1.807, 2.05) is 6.07 Å². The zero-order valence-corrected chi connectivity index (χ0v) is 12.6. The first-order valence-corrected chi connectivity index (χ1v) is 6.63. The molecule has 0 aliphatic carbocycles. The van der Waals surface area contributed by atoms with Crippen LogP contribution in [0, 0.1) is 11.3 Å². The topological polar surface area (TPSA) is 101 Å². The third-order valence-corrected chi connectivity index (χ3v) is 3.25. The lowest BCUT2D eigenvalue weighted by molar-refractivity contribution is -0.113. The Balaban J connectivity index is 2.28. The van der Waals surface area contributed by atoms with Gasteiger partial charge in [0.2, 0.25) is 0 Å². The van der Waals surface area contributed by atoms with Gasteiger partial charge < -0.3 is 9.47 Å². The van der Waals surface area contributed by atoms with Crippen molar-refractivity contribution in [2.45, 2.75) is 6.42 Å². The smallest absolute Gasteiger partial charge is 0.348 e. The Bertz CT molecular complexity index is 679. The van der Waals surface area contributed by atoms with E-state index in [4.69, 9.17) is 14.7 Å². The van der Waals surface area contributed by atoms with Gasteiger partial charge in [0.25, 0.3) is 5.91 Å². The molecule has 7 nitrogen and oxygen atoms in total. The first kappa shape index (κ1) is 15.0. The van der Waals surface area contributed by atoms with E-state index < -0.39 is 11.9 Å². The molecule has 1 aromatic rings. The number of hydrogen-bond acceptors (Lipinski definition) is 5. The van der Waals surface area contributed by atoms with Crippen LogP contribution in [-0.4, -0.2) is 31.4 Å². The minimum absolute atomic E-state index is 0.113. The lowest BCUT2D eigenvalue weighted by atomic mass is 10.1. The number of aliphatic imine (C=N–C) groups is 1. The fourth-order valence-corrected chi connectivity index (χ4v) is 2.41. The predicted octanol–water partition coefficient (Wildman–Crippen LogP) is 1.59. The summed E-state index contributed by atoms with van der Waals surface area (Å²) in [6, 6.07) is 4.59. The highest BCUT2D eigenvalue weighted by molar-refractivity contribution is 9.10. The predicted molar refractivity (Wildman–Crippen MR) is 76.5 cm³/mol. The van der Waals surface area contributed by atoms with E-state index in [-0.39, 0.29) is 18.7 Å². The van der Waals surface area contributed by atoms with Crippen molar-refractivity contribution in [2.24, 2.45) is 4.99 Å². The molecule has 3 amide bonds. The van der Waals surface area contributed by atoms with Crippen LogP contribution >= 0.6 is 15.9 Å². The first-order chi connectivity index (χ1) is 10.0. The van der Waals surface area contributed by atoms with E-state index in [0.29, 0.717) is 21.5 Å². The highest BCUT2D eigenvalue weighted by Crippen LogP contribution is 2.36. The number of amides is 3. The minimum Gasteiger partial charge on any atom is -0.493 e. The molecule has 0 saturated carbocycles. The average Bonchev–Trinajstić information content (AvgIpc) is 2.75. The maximum atomic E-state index is 11.5. The summed E-state index contributed by atoms with van der Waals surface area (Å²) < 4.78 is 11.1. The van der Waals surface area contributed by atoms with Gasteiger partial charge in [-0.25, -0.2) is 4.79 Å². The Kier molecular flexibility index (Phi) is 4.55. The monoisotopic (exact) mass is 351 g/mol. The van der Waals surface area contributed by atoms with E-state index in [1.165, 1.54) is 7.11 Å². The molecular weight excluding hydrogens is 342 g/mol. The van der Waals surface area contributed by atoms with Crippen LogP contribution in [-0.2, 0) is 11.2 Å². The number of nitriles is 1. The van der Waals surface area contributed by atoms with Crippen molar-refractivity contribution in [3.05, 3.63) is 22.2 Å². The van der Waals surface area contributed by atoms with Crippen LogP contribution in [0.1, 0.15) is 5.56 Å². The molecule has 0 fully saturated rings. The number of ether oxygens (including phenoxy) is 2. The Labute approximate surface area is 128 Å². The molecule has 108 valence electrons. The molecule has 2 rings (SSSR count). The Hall–Kier alpha value is -2.40. The molecule has 8 heteroatoms. The fourth-order valence-electron chi connectivity index (χ4n) is 1.80. The van der Waals surface area contributed by atoms with Crippen molar-refractivity contribution >= 4 is 33.6 Å². The second kappa shape index (κ2) is 6.37. The largest absolute Gasteiger partial charge is 0.493 e. The lowest BCUT2D eigenvalue weighted by Gasteiger charge is -2.12. The van der Waals surface area contributed by atoms with Gasteiger partial charge in [0.15, 0.2) is 18.1 Å². The number of benzene rings is 1. The van der Waals surface area contributed by atoms with Crippen molar-refractivity contribution in [3.8, 4) is 17.6 Å². The van der Waals surface area contributed by atoms with Crippen LogP contribution in [0.3, 0.4) is 0 Å². The summed E-state index contributed by atoms with van der Waals surface area (Å²) in [5, 5.41) is 10.6. The molecule has 0 radical (unpaired) electrons. The van der Waals surface area contributed by atoms with Gasteiger partial charge >= 0.3 is 6.03 Å². The molecule has 0 unspecified atom stereocenters. The number of halogens is 1. The van der Waals surface area contributed by atoms with Gasteiger partial charge in [0.05, 0.1) is 11.6 Å². The molecule has 0 saturated heterocycles. The SMILES string of the molecule is COc1cc(CC2=NC(=O)NC2=O)cc(Br)c1OCC#N. The van der Waals surface area contributed by atoms with Crippen molar-refractivity contribution in [1.29, 1.82) is 5.26 Å². The van der Waals surface area contributed by atoms with Crippen molar-refractivity contribution in [2.75, 3.05) is 13.7 Å². The van der Waals surface area contributed by atoms with E-state index in [1.54, 1.807) is 12.1 Å². The normalized spacial score (nSPS) is 13.5. The van der Waals surface area contributed by atoms with Crippen LogP contribution in [0.5, 0.6) is 11.5 Å². The summed E-state index contributed by atoms with van der Waals surface area (Å²) in [7, 11) is 1.47. The summed E-state index contributed by atoms with van der Waals surface area (Å²) in [6.07, 6.45) is 0.186.